The van der Waals surface area contributed by atoms with Gasteiger partial charge in [0, 0.05) is 121 Å². The molecule has 0 radical (unpaired) electrons. The summed E-state index contributed by atoms with van der Waals surface area (Å²) in [6.45, 7) is 0. The molecule has 0 fully saturated rings. The second-order valence-electron chi connectivity index (χ2n) is 17.9. The van der Waals surface area contributed by atoms with Gasteiger partial charge in [0.25, 0.3) is 23.6 Å². The fraction of sp³-hybridized carbons (Fsp3) is 0.151. The van der Waals surface area contributed by atoms with E-state index in [2.05, 4.69) is 0 Å². The monoisotopic (exact) mass is 970 g/mol. The predicted molar refractivity (Wildman–Crippen MR) is 275 cm³/mol. The van der Waals surface area contributed by atoms with E-state index in [-0.39, 0.29) is 29.3 Å². The van der Waals surface area contributed by atoms with Gasteiger partial charge in [0.1, 0.15) is 0 Å². The molecule has 0 N–H and O–H groups in total. The summed E-state index contributed by atoms with van der Waals surface area (Å²) in [4.78, 5) is 69.9. The molecule has 5 heterocycles. The van der Waals surface area contributed by atoms with Crippen LogP contribution in [0.15, 0.2) is 101 Å². The van der Waals surface area contributed by atoms with Crippen molar-refractivity contribution in [1.82, 2.24) is 29.1 Å². The average Bonchev–Trinajstić information content (AvgIpc) is 4.19. The largest absolute Gasteiger partial charge is 0.678 e. The summed E-state index contributed by atoms with van der Waals surface area (Å²) in [5, 5.41) is 11.4. The average molecular weight is 971 g/mol. The van der Waals surface area contributed by atoms with Crippen LogP contribution in [0.3, 0.4) is 0 Å². The molecule has 0 unspecified atom stereocenters. The van der Waals surface area contributed by atoms with Crippen LogP contribution in [0.2, 0.25) is 0 Å². The number of carbonyl (C=O) groups is 4. The van der Waals surface area contributed by atoms with E-state index < -0.39 is 7.40 Å². The lowest BCUT2D eigenvalue weighted by Crippen LogP contribution is -2.25. The second kappa shape index (κ2) is 16.2. The molecule has 0 saturated carbocycles. The summed E-state index contributed by atoms with van der Waals surface area (Å²) in [5.41, 5.74) is 5.31. The highest BCUT2D eigenvalue weighted by Gasteiger charge is 2.41. The van der Waals surface area contributed by atoms with Crippen LogP contribution in [-0.2, 0) is 0 Å². The lowest BCUT2D eigenvalue weighted by molar-refractivity contribution is 0.0816. The lowest BCUT2D eigenvalue weighted by Gasteiger charge is -2.19. The highest BCUT2D eigenvalue weighted by atomic mass is 32.1. The molecule has 4 aromatic heterocycles. The Bertz CT molecular complexity index is 3870. The standard InChI is InChI=1S/C53H41BF2N6O4S3/c1-58(2)50(63)30-19-15-26-37-27(16-20-31(39(30)37)51(64)59(3)4)42-41(26)46(35-13-10-24-68-35)57-47(42)45(34-12-9-23-67-34)49-44-29-18-22-33(53(66)61(7)8)40-32(52(65)60(5)6)21-17-28(38(29)40)43(44)48(62(49)54(55)56)36-14-11-25-69-36/h9-25H,1-8H3/b47-45-. The number of benzene rings is 4. The van der Waals surface area contributed by atoms with Gasteiger partial charge in [-0.05, 0) is 91.3 Å². The number of carbonyl (C=O) groups excluding carboxylic acids is 4. The Kier molecular flexibility index (Phi) is 10.4. The summed E-state index contributed by atoms with van der Waals surface area (Å²) in [7, 11) is 10.3. The molecule has 1 aliphatic heterocycles. The van der Waals surface area contributed by atoms with E-state index in [0.717, 1.165) is 20.0 Å². The zero-order valence-corrected chi connectivity index (χ0v) is 41.1. The minimum absolute atomic E-state index is 0.226. The number of hydrogen-bond donors (Lipinski definition) is 0. The summed E-state index contributed by atoms with van der Waals surface area (Å²) in [5.74, 6) is -1.15. The molecule has 0 atom stereocenters. The van der Waals surface area contributed by atoms with Crippen molar-refractivity contribution < 1.29 is 27.8 Å². The van der Waals surface area contributed by atoms with E-state index in [1.165, 1.54) is 53.6 Å². The van der Waals surface area contributed by atoms with Crippen molar-refractivity contribution in [2.24, 2.45) is 0 Å². The Labute approximate surface area is 407 Å². The van der Waals surface area contributed by atoms with Gasteiger partial charge in [-0.2, -0.15) is 0 Å². The molecule has 4 amide bonds. The van der Waals surface area contributed by atoms with Gasteiger partial charge in [0.2, 0.25) is 0 Å². The molecular weight excluding hydrogens is 930 g/mol. The van der Waals surface area contributed by atoms with Gasteiger partial charge in [0.05, 0.1) is 32.2 Å². The zero-order valence-electron chi connectivity index (χ0n) is 38.7. The summed E-state index contributed by atoms with van der Waals surface area (Å²) >= 11 is 4.26. The van der Waals surface area contributed by atoms with Gasteiger partial charge < -0.3 is 24.1 Å². The Morgan fingerprint density at radius 2 is 0.986 bits per heavy atom. The van der Waals surface area contributed by atoms with Crippen LogP contribution < -0.4 is 5.35 Å². The molecule has 2 aliphatic carbocycles. The molecule has 0 bridgehead atoms. The van der Waals surface area contributed by atoms with E-state index in [9.17, 15) is 19.2 Å². The van der Waals surface area contributed by atoms with E-state index >= 15 is 8.63 Å². The van der Waals surface area contributed by atoms with Gasteiger partial charge in [-0.1, -0.05) is 42.5 Å². The third-order valence-electron chi connectivity index (χ3n) is 13.0. The quantitative estimate of drug-likeness (QED) is 0.134. The van der Waals surface area contributed by atoms with E-state index in [1.54, 1.807) is 80.6 Å². The minimum Gasteiger partial charge on any atom is -0.345 e. The maximum Gasteiger partial charge on any atom is 0.678 e. The Balaban J connectivity index is 1.39. The summed E-state index contributed by atoms with van der Waals surface area (Å²) in [6.07, 6.45) is 0. The maximum atomic E-state index is 16.8. The number of halogens is 2. The first-order chi connectivity index (χ1) is 33.1. The molecular formula is C53H41BF2N6O4S3. The van der Waals surface area contributed by atoms with Crippen molar-refractivity contribution in [1.29, 1.82) is 0 Å². The molecule has 69 heavy (non-hydrogen) atoms. The smallest absolute Gasteiger partial charge is 0.345 e. The van der Waals surface area contributed by atoms with Crippen LogP contribution in [-0.4, -0.2) is 116 Å². The molecule has 11 rings (SSSR count). The number of hydrogen-bond acceptors (Lipinski definition) is 8. The molecule has 0 saturated heterocycles. The van der Waals surface area contributed by atoms with Crippen molar-refractivity contribution in [3.8, 4) is 43.4 Å². The Morgan fingerprint density at radius 3 is 1.46 bits per heavy atom. The third-order valence-corrected chi connectivity index (χ3v) is 15.7. The first kappa shape index (κ1) is 44.3. The fourth-order valence-corrected chi connectivity index (χ4v) is 12.5. The molecule has 4 aromatic carbocycles. The normalized spacial score (nSPS) is 12.4. The van der Waals surface area contributed by atoms with Crippen LogP contribution in [0, 0.1) is 10.4 Å². The molecule has 3 aliphatic rings. The number of amides is 4. The first-order valence-electron chi connectivity index (χ1n) is 22.0. The summed E-state index contributed by atoms with van der Waals surface area (Å²) < 4.78 is 34.7. The second-order valence-corrected chi connectivity index (χ2v) is 20.7. The fourth-order valence-electron chi connectivity index (χ4n) is 10.2. The van der Waals surface area contributed by atoms with Crippen molar-refractivity contribution in [2.45, 2.75) is 0 Å². The maximum absolute atomic E-state index is 16.8. The first-order valence-corrected chi connectivity index (χ1v) is 24.6. The van der Waals surface area contributed by atoms with E-state index in [1.807, 2.05) is 76.8 Å². The van der Waals surface area contributed by atoms with Crippen LogP contribution in [0.4, 0.5) is 8.63 Å². The van der Waals surface area contributed by atoms with E-state index in [4.69, 9.17) is 4.98 Å². The van der Waals surface area contributed by atoms with Crippen LogP contribution in [0.1, 0.15) is 52.0 Å². The van der Waals surface area contributed by atoms with Gasteiger partial charge in [-0.25, -0.2) is 4.98 Å². The molecule has 0 spiro atoms. The topological polar surface area (TPSA) is 99.1 Å². The number of rotatable bonds is 9. The van der Waals surface area contributed by atoms with Crippen molar-refractivity contribution in [2.75, 3.05) is 56.4 Å². The van der Waals surface area contributed by atoms with Gasteiger partial charge in [0.15, 0.2) is 0 Å². The Morgan fingerprint density at radius 1 is 0.522 bits per heavy atom. The molecule has 10 nitrogen and oxygen atoms in total. The number of fused-ring (bicyclic) bond motifs is 5. The number of nitrogens with zero attached hydrogens (tertiary/aromatic N) is 6. The zero-order chi connectivity index (χ0) is 48.5. The van der Waals surface area contributed by atoms with E-state index in [0.29, 0.717) is 109 Å². The van der Waals surface area contributed by atoms with Gasteiger partial charge in [-0.15, -0.1) is 34.0 Å². The Hall–Kier alpha value is -7.27. The SMILES string of the molecule is CN(C)C(=O)c1ccc2c3c(ccc(C(=O)N(C)C)c13)-c1c-2c(/C(c2cccs2)=c2\nc(-c3cccs3)c3c4ccc(C(=O)N(C)C)c5c(C(=O)N(C)C)ccc(c2=3)c54)n(B(F)F)c1-c1cccs1. The van der Waals surface area contributed by atoms with Crippen LogP contribution in [0.25, 0.3) is 81.3 Å². The third kappa shape index (κ3) is 6.34. The summed E-state index contributed by atoms with van der Waals surface area (Å²) in [6, 6.07) is 25.8. The minimum atomic E-state index is -3.04. The molecule has 8 aromatic rings. The van der Waals surface area contributed by atoms with Crippen molar-refractivity contribution in [3.05, 3.63) is 150 Å². The lowest BCUT2D eigenvalue weighted by atomic mass is 9.91. The highest BCUT2D eigenvalue weighted by molar-refractivity contribution is 7.14. The van der Waals surface area contributed by atoms with Crippen molar-refractivity contribution in [3.63, 3.8) is 0 Å². The van der Waals surface area contributed by atoms with Crippen LogP contribution >= 0.6 is 34.0 Å². The van der Waals surface area contributed by atoms with Crippen LogP contribution in [0.5, 0.6) is 0 Å². The number of aromatic nitrogens is 2. The van der Waals surface area contributed by atoms with Crippen molar-refractivity contribution >= 4 is 103 Å². The molecule has 342 valence electrons. The predicted octanol–water partition coefficient (Wildman–Crippen LogP) is 10.2. The highest BCUT2D eigenvalue weighted by Crippen LogP contribution is 2.58. The molecule has 16 heteroatoms. The van der Waals surface area contributed by atoms with Gasteiger partial charge in [-0.3, -0.25) is 27.8 Å². The number of thiophene rings is 3. The van der Waals surface area contributed by atoms with Gasteiger partial charge >= 0.3 is 7.40 Å².